The Labute approximate surface area is 167 Å². The lowest BCUT2D eigenvalue weighted by Gasteiger charge is -2.17. The standard InChI is InChI=1S/C19H14N6OS2/c1-11(28-18-14-16(21-9-20-14)22-10-23-18)17-24-13-7-8-27-15(13)19(26)25(17)12-5-3-2-4-6-12/h2-11H,1H3,(H,20,21,22,23). The van der Waals surface area contributed by atoms with Gasteiger partial charge >= 0.3 is 0 Å². The maximum absolute atomic E-state index is 13.2. The summed E-state index contributed by atoms with van der Waals surface area (Å²) < 4.78 is 2.35. The molecule has 0 aliphatic rings. The van der Waals surface area contributed by atoms with Crippen LogP contribution in [0.15, 0.2) is 64.3 Å². The van der Waals surface area contributed by atoms with Crippen LogP contribution in [0.3, 0.4) is 0 Å². The highest BCUT2D eigenvalue weighted by molar-refractivity contribution is 7.99. The average Bonchev–Trinajstić information content (AvgIpc) is 3.38. The fourth-order valence-electron chi connectivity index (χ4n) is 3.08. The quantitative estimate of drug-likeness (QED) is 0.359. The smallest absolute Gasteiger partial charge is 0.276 e. The molecule has 0 radical (unpaired) electrons. The Morgan fingerprint density at radius 1 is 1.14 bits per heavy atom. The Morgan fingerprint density at radius 3 is 2.86 bits per heavy atom. The number of hydrogen-bond donors (Lipinski definition) is 1. The van der Waals surface area contributed by atoms with Crippen molar-refractivity contribution in [3.63, 3.8) is 0 Å². The number of nitrogens with one attached hydrogen (secondary N) is 1. The number of thioether (sulfide) groups is 1. The van der Waals surface area contributed by atoms with Gasteiger partial charge < -0.3 is 4.98 Å². The Bertz CT molecular complexity index is 1340. The van der Waals surface area contributed by atoms with Crippen molar-refractivity contribution in [2.45, 2.75) is 17.2 Å². The van der Waals surface area contributed by atoms with Crippen molar-refractivity contribution in [3.8, 4) is 5.69 Å². The predicted octanol–water partition coefficient (Wildman–Crippen LogP) is 3.97. The van der Waals surface area contributed by atoms with Crippen molar-refractivity contribution < 1.29 is 0 Å². The molecule has 7 nitrogen and oxygen atoms in total. The van der Waals surface area contributed by atoms with Crippen LogP contribution in [0.1, 0.15) is 18.0 Å². The first-order valence-corrected chi connectivity index (χ1v) is 10.3. The number of imidazole rings is 1. The lowest BCUT2D eigenvalue weighted by molar-refractivity contribution is 0.821. The number of hydrogen-bond acceptors (Lipinski definition) is 7. The molecule has 0 aliphatic heterocycles. The summed E-state index contributed by atoms with van der Waals surface area (Å²) >= 11 is 2.93. The van der Waals surface area contributed by atoms with E-state index in [2.05, 4.69) is 19.9 Å². The predicted molar refractivity (Wildman–Crippen MR) is 111 cm³/mol. The number of nitrogens with zero attached hydrogens (tertiary/aromatic N) is 5. The molecule has 5 rings (SSSR count). The lowest BCUT2D eigenvalue weighted by Crippen LogP contribution is -2.23. The number of H-pyrrole nitrogens is 1. The van der Waals surface area contributed by atoms with E-state index in [1.54, 1.807) is 10.9 Å². The molecule has 0 saturated carbocycles. The van der Waals surface area contributed by atoms with E-state index >= 15 is 0 Å². The van der Waals surface area contributed by atoms with Crippen LogP contribution in [-0.2, 0) is 0 Å². The van der Waals surface area contributed by atoms with Crippen LogP contribution in [0.5, 0.6) is 0 Å². The van der Waals surface area contributed by atoms with Gasteiger partial charge in [-0.25, -0.2) is 19.9 Å². The molecule has 1 atom stereocenters. The zero-order valence-corrected chi connectivity index (χ0v) is 16.4. The summed E-state index contributed by atoms with van der Waals surface area (Å²) in [7, 11) is 0. The summed E-state index contributed by atoms with van der Waals surface area (Å²) in [4.78, 5) is 33.9. The highest BCUT2D eigenvalue weighted by atomic mass is 32.2. The van der Waals surface area contributed by atoms with E-state index in [1.165, 1.54) is 29.4 Å². The van der Waals surface area contributed by atoms with Crippen molar-refractivity contribution in [1.29, 1.82) is 0 Å². The van der Waals surface area contributed by atoms with Crippen LogP contribution in [0, 0.1) is 0 Å². The first-order valence-electron chi connectivity index (χ1n) is 8.58. The highest BCUT2D eigenvalue weighted by Gasteiger charge is 2.21. The van der Waals surface area contributed by atoms with Crippen LogP contribution < -0.4 is 5.56 Å². The summed E-state index contributed by atoms with van der Waals surface area (Å²) in [6.07, 6.45) is 3.10. The van der Waals surface area contributed by atoms with E-state index in [-0.39, 0.29) is 10.8 Å². The third-order valence-corrected chi connectivity index (χ3v) is 6.35. The van der Waals surface area contributed by atoms with Crippen molar-refractivity contribution in [2.75, 3.05) is 0 Å². The molecule has 4 heterocycles. The van der Waals surface area contributed by atoms with Crippen LogP contribution in [-0.4, -0.2) is 29.5 Å². The zero-order chi connectivity index (χ0) is 19.1. The van der Waals surface area contributed by atoms with E-state index in [4.69, 9.17) is 4.98 Å². The van der Waals surface area contributed by atoms with Gasteiger partial charge in [-0.1, -0.05) is 30.0 Å². The third-order valence-electron chi connectivity index (χ3n) is 4.36. The van der Waals surface area contributed by atoms with Crippen LogP contribution in [0.2, 0.25) is 0 Å². The normalized spacial score (nSPS) is 12.6. The molecule has 0 amide bonds. The Morgan fingerprint density at radius 2 is 2.00 bits per heavy atom. The topological polar surface area (TPSA) is 89.3 Å². The van der Waals surface area contributed by atoms with Gasteiger partial charge in [0.2, 0.25) is 0 Å². The van der Waals surface area contributed by atoms with Gasteiger partial charge in [-0.2, -0.15) is 0 Å². The largest absolute Gasteiger partial charge is 0.341 e. The summed E-state index contributed by atoms with van der Waals surface area (Å²) in [5.74, 6) is 0.679. The first kappa shape index (κ1) is 17.1. The summed E-state index contributed by atoms with van der Waals surface area (Å²) in [5.41, 5.74) is 2.87. The van der Waals surface area contributed by atoms with Crippen LogP contribution in [0.25, 0.3) is 27.1 Å². The molecule has 5 aromatic rings. The summed E-state index contributed by atoms with van der Waals surface area (Å²) in [5, 5.41) is 2.54. The van der Waals surface area contributed by atoms with Crippen molar-refractivity contribution in [3.05, 3.63) is 70.6 Å². The summed E-state index contributed by atoms with van der Waals surface area (Å²) in [6.45, 7) is 2.02. The van der Waals surface area contributed by atoms with Crippen LogP contribution >= 0.6 is 23.1 Å². The molecule has 0 aliphatic carbocycles. The second-order valence-corrected chi connectivity index (χ2v) is 8.37. The van der Waals surface area contributed by atoms with Crippen LogP contribution in [0.4, 0.5) is 0 Å². The summed E-state index contributed by atoms with van der Waals surface area (Å²) in [6, 6.07) is 11.5. The Hall–Kier alpha value is -3.04. The molecule has 1 N–H and O–H groups in total. The van der Waals surface area contributed by atoms with Gasteiger partial charge in [0.05, 0.1) is 22.8 Å². The molecule has 1 unspecified atom stereocenters. The second-order valence-electron chi connectivity index (χ2n) is 6.12. The van der Waals surface area contributed by atoms with E-state index in [9.17, 15) is 4.79 Å². The molecular weight excluding hydrogens is 392 g/mol. The third kappa shape index (κ3) is 2.79. The van der Waals surface area contributed by atoms with Gasteiger partial charge in [-0.3, -0.25) is 9.36 Å². The molecule has 1 aromatic carbocycles. The fraction of sp³-hybridized carbons (Fsp3) is 0.105. The number of aromatic nitrogens is 6. The van der Waals surface area contributed by atoms with Gasteiger partial charge in [-0.15, -0.1) is 11.3 Å². The number of para-hydroxylation sites is 1. The number of thiophene rings is 1. The van der Waals surface area contributed by atoms with Crippen molar-refractivity contribution in [1.82, 2.24) is 29.5 Å². The van der Waals surface area contributed by atoms with Gasteiger partial charge in [0, 0.05) is 0 Å². The molecular formula is C19H14N6OS2. The van der Waals surface area contributed by atoms with Gasteiger partial charge in [-0.05, 0) is 30.5 Å². The van der Waals surface area contributed by atoms with Gasteiger partial charge in [0.15, 0.2) is 5.65 Å². The Balaban J connectivity index is 1.67. The minimum atomic E-state index is -0.126. The maximum Gasteiger partial charge on any atom is 0.276 e. The molecule has 0 bridgehead atoms. The minimum absolute atomic E-state index is 0.0528. The SMILES string of the molecule is CC(Sc1ncnc2nc[nH]c12)c1nc2ccsc2c(=O)n1-c1ccccc1. The average molecular weight is 406 g/mol. The van der Waals surface area contributed by atoms with Gasteiger partial charge in [0.1, 0.15) is 27.4 Å². The van der Waals surface area contributed by atoms with Crippen molar-refractivity contribution in [2.24, 2.45) is 0 Å². The molecule has 28 heavy (non-hydrogen) atoms. The van der Waals surface area contributed by atoms with E-state index in [0.29, 0.717) is 16.2 Å². The fourth-order valence-corrected chi connectivity index (χ4v) is 4.82. The minimum Gasteiger partial charge on any atom is -0.341 e. The number of rotatable bonds is 4. The lowest BCUT2D eigenvalue weighted by atomic mass is 10.3. The Kier molecular flexibility index (Phi) is 4.18. The number of benzene rings is 1. The number of aromatic amines is 1. The molecule has 4 aromatic heterocycles. The second kappa shape index (κ2) is 6.84. The molecule has 0 spiro atoms. The molecule has 138 valence electrons. The van der Waals surface area contributed by atoms with E-state index in [0.717, 1.165) is 21.7 Å². The monoisotopic (exact) mass is 406 g/mol. The number of fused-ring (bicyclic) bond motifs is 2. The van der Waals surface area contributed by atoms with Gasteiger partial charge in [0.25, 0.3) is 5.56 Å². The van der Waals surface area contributed by atoms with E-state index < -0.39 is 0 Å². The molecule has 9 heteroatoms. The first-order chi connectivity index (χ1) is 13.7. The molecule has 0 fully saturated rings. The van der Waals surface area contributed by atoms with E-state index in [1.807, 2.05) is 48.7 Å². The van der Waals surface area contributed by atoms with Crippen molar-refractivity contribution >= 4 is 44.5 Å². The highest BCUT2D eigenvalue weighted by Crippen LogP contribution is 2.36. The molecule has 0 saturated heterocycles. The zero-order valence-electron chi connectivity index (χ0n) is 14.7. The maximum atomic E-state index is 13.2.